The van der Waals surface area contributed by atoms with E-state index in [9.17, 15) is 4.79 Å². The van der Waals surface area contributed by atoms with Crippen molar-refractivity contribution in [3.63, 3.8) is 0 Å². The molecule has 0 aliphatic carbocycles. The third-order valence-corrected chi connectivity index (χ3v) is 3.78. The maximum absolute atomic E-state index is 12.2. The minimum absolute atomic E-state index is 0.192. The van der Waals surface area contributed by atoms with Crippen LogP contribution in [-0.2, 0) is 6.42 Å². The van der Waals surface area contributed by atoms with Crippen molar-refractivity contribution in [2.24, 2.45) is 11.3 Å². The number of benzene rings is 1. The van der Waals surface area contributed by atoms with Crippen LogP contribution in [0.2, 0.25) is 0 Å². The highest BCUT2D eigenvalue weighted by atomic mass is 16.1. The third-order valence-electron chi connectivity index (χ3n) is 3.78. The zero-order chi connectivity index (χ0) is 13.8. The second kappa shape index (κ2) is 6.17. The number of hydrogen-bond acceptors (Lipinski definition) is 1. The van der Waals surface area contributed by atoms with Crippen LogP contribution in [0.5, 0.6) is 0 Å². The summed E-state index contributed by atoms with van der Waals surface area (Å²) in [4.78, 5) is 12.2. The van der Waals surface area contributed by atoms with Crippen LogP contribution in [-0.4, -0.2) is 5.78 Å². The first-order valence-electron chi connectivity index (χ1n) is 6.96. The average molecular weight is 246 g/mol. The molecule has 1 rings (SSSR count). The first-order valence-corrected chi connectivity index (χ1v) is 6.96. The quantitative estimate of drug-likeness (QED) is 0.676. The second-order valence-corrected chi connectivity index (χ2v) is 6.34. The molecule has 0 heterocycles. The molecule has 1 atom stereocenters. The largest absolute Gasteiger partial charge is 0.294 e. The lowest BCUT2D eigenvalue weighted by Crippen LogP contribution is -2.20. The highest BCUT2D eigenvalue weighted by Gasteiger charge is 2.22. The molecule has 0 radical (unpaired) electrons. The molecule has 0 N–H and O–H groups in total. The van der Waals surface area contributed by atoms with Gasteiger partial charge in [0.25, 0.3) is 0 Å². The third kappa shape index (κ3) is 4.29. The van der Waals surface area contributed by atoms with E-state index in [0.29, 0.717) is 12.3 Å². The Morgan fingerprint density at radius 1 is 1.17 bits per heavy atom. The molecule has 0 saturated carbocycles. The Morgan fingerprint density at radius 2 is 1.72 bits per heavy atom. The van der Waals surface area contributed by atoms with Crippen LogP contribution in [0.25, 0.3) is 0 Å². The van der Waals surface area contributed by atoms with Gasteiger partial charge in [0.1, 0.15) is 0 Å². The molecule has 1 nitrogen and oxygen atoms in total. The number of Topliss-reactive ketones (excluding diaryl/α,β-unsaturated/α-hetero) is 1. The summed E-state index contributed by atoms with van der Waals surface area (Å²) in [5.41, 5.74) is 2.36. The summed E-state index contributed by atoms with van der Waals surface area (Å²) >= 11 is 0. The van der Waals surface area contributed by atoms with Gasteiger partial charge in [-0.15, -0.1) is 0 Å². The maximum Gasteiger partial charge on any atom is 0.163 e. The van der Waals surface area contributed by atoms with Gasteiger partial charge >= 0.3 is 0 Å². The molecule has 0 aliphatic rings. The Balaban J connectivity index is 2.67. The van der Waals surface area contributed by atoms with E-state index >= 15 is 0 Å². The zero-order valence-corrected chi connectivity index (χ0v) is 12.4. The molecule has 1 heteroatoms. The van der Waals surface area contributed by atoms with Crippen LogP contribution in [0, 0.1) is 11.3 Å². The van der Waals surface area contributed by atoms with Crippen molar-refractivity contribution < 1.29 is 4.79 Å². The van der Waals surface area contributed by atoms with E-state index in [4.69, 9.17) is 0 Å². The van der Waals surface area contributed by atoms with Gasteiger partial charge in [-0.1, -0.05) is 65.3 Å². The van der Waals surface area contributed by atoms with Crippen molar-refractivity contribution in [3.8, 4) is 0 Å². The van der Waals surface area contributed by atoms with Gasteiger partial charge < -0.3 is 0 Å². The van der Waals surface area contributed by atoms with E-state index in [0.717, 1.165) is 18.4 Å². The summed E-state index contributed by atoms with van der Waals surface area (Å²) in [6.45, 7) is 10.9. The summed E-state index contributed by atoms with van der Waals surface area (Å²) in [6, 6.07) is 8.11. The van der Waals surface area contributed by atoms with Crippen molar-refractivity contribution >= 4 is 5.78 Å². The Morgan fingerprint density at radius 3 is 2.17 bits per heavy atom. The Labute approximate surface area is 112 Å². The van der Waals surface area contributed by atoms with Crippen LogP contribution in [0.1, 0.15) is 63.4 Å². The van der Waals surface area contributed by atoms with Crippen LogP contribution in [0.15, 0.2) is 24.3 Å². The lowest BCUT2D eigenvalue weighted by atomic mass is 9.78. The van der Waals surface area contributed by atoms with Crippen molar-refractivity contribution in [1.29, 1.82) is 0 Å². The fourth-order valence-corrected chi connectivity index (χ4v) is 1.85. The smallest absolute Gasteiger partial charge is 0.163 e. The first kappa shape index (κ1) is 14.9. The maximum atomic E-state index is 12.2. The average Bonchev–Trinajstić information content (AvgIpc) is 2.29. The molecule has 1 aromatic carbocycles. The number of rotatable bonds is 5. The van der Waals surface area contributed by atoms with Gasteiger partial charge in [0.2, 0.25) is 0 Å². The molecule has 0 saturated heterocycles. The van der Waals surface area contributed by atoms with Crippen molar-refractivity contribution in [3.05, 3.63) is 35.4 Å². The van der Waals surface area contributed by atoms with E-state index in [1.807, 2.05) is 12.1 Å². The molecule has 0 aromatic heterocycles. The van der Waals surface area contributed by atoms with E-state index in [1.54, 1.807) is 0 Å². The molecule has 1 aromatic rings. The molecule has 0 amide bonds. The number of ketones is 1. The van der Waals surface area contributed by atoms with Gasteiger partial charge in [-0.3, -0.25) is 4.79 Å². The molecule has 1 unspecified atom stereocenters. The number of aryl methyl sites for hydroxylation is 1. The number of carbonyl (C=O) groups excluding carboxylic acids is 1. The van der Waals surface area contributed by atoms with Gasteiger partial charge in [-0.25, -0.2) is 0 Å². The standard InChI is InChI=1S/C17H26O/c1-6-7-14-8-10-15(11-9-14)16(18)12-13(2)17(3,4)5/h8-11,13H,6-7,12H2,1-5H3. The van der Waals surface area contributed by atoms with E-state index in [-0.39, 0.29) is 11.2 Å². The van der Waals surface area contributed by atoms with Gasteiger partial charge in [-0.2, -0.15) is 0 Å². The molecule has 0 bridgehead atoms. The fraction of sp³-hybridized carbons (Fsp3) is 0.588. The second-order valence-electron chi connectivity index (χ2n) is 6.34. The van der Waals surface area contributed by atoms with Gasteiger partial charge in [-0.05, 0) is 23.3 Å². The Hall–Kier alpha value is -1.11. The number of hydrogen-bond donors (Lipinski definition) is 0. The summed E-state index contributed by atoms with van der Waals surface area (Å²) in [7, 11) is 0. The summed E-state index contributed by atoms with van der Waals surface area (Å²) in [6.07, 6.45) is 2.87. The lowest BCUT2D eigenvalue weighted by Gasteiger charge is -2.26. The minimum Gasteiger partial charge on any atom is -0.294 e. The summed E-state index contributed by atoms with van der Waals surface area (Å²) < 4.78 is 0. The summed E-state index contributed by atoms with van der Waals surface area (Å²) in [5.74, 6) is 0.667. The Kier molecular flexibility index (Phi) is 5.13. The van der Waals surface area contributed by atoms with Crippen molar-refractivity contribution in [2.45, 2.75) is 53.9 Å². The summed E-state index contributed by atoms with van der Waals surface area (Å²) in [5, 5.41) is 0. The molecule has 0 spiro atoms. The molecule has 100 valence electrons. The highest BCUT2D eigenvalue weighted by molar-refractivity contribution is 5.96. The Bertz CT molecular complexity index is 381. The van der Waals surface area contributed by atoms with E-state index in [1.165, 1.54) is 5.56 Å². The minimum atomic E-state index is 0.192. The van der Waals surface area contributed by atoms with Crippen LogP contribution in [0.4, 0.5) is 0 Å². The lowest BCUT2D eigenvalue weighted by molar-refractivity contribution is 0.0927. The predicted molar refractivity (Wildman–Crippen MR) is 78.0 cm³/mol. The topological polar surface area (TPSA) is 17.1 Å². The fourth-order valence-electron chi connectivity index (χ4n) is 1.85. The molecule has 18 heavy (non-hydrogen) atoms. The number of carbonyl (C=O) groups is 1. The first-order chi connectivity index (χ1) is 8.34. The normalized spacial score (nSPS) is 13.4. The van der Waals surface area contributed by atoms with Gasteiger partial charge in [0.05, 0.1) is 0 Å². The molecule has 0 fully saturated rings. The molecular formula is C17H26O. The predicted octanol–water partition coefficient (Wildman–Crippen LogP) is 4.89. The van der Waals surface area contributed by atoms with Crippen molar-refractivity contribution in [2.75, 3.05) is 0 Å². The molecule has 0 aliphatic heterocycles. The van der Waals surface area contributed by atoms with Crippen molar-refractivity contribution in [1.82, 2.24) is 0 Å². The van der Waals surface area contributed by atoms with E-state index in [2.05, 4.69) is 46.8 Å². The highest BCUT2D eigenvalue weighted by Crippen LogP contribution is 2.29. The van der Waals surface area contributed by atoms with Gasteiger partial charge in [0, 0.05) is 12.0 Å². The van der Waals surface area contributed by atoms with Crippen LogP contribution in [0.3, 0.4) is 0 Å². The SMILES string of the molecule is CCCc1ccc(C(=O)CC(C)C(C)(C)C)cc1. The van der Waals surface area contributed by atoms with E-state index < -0.39 is 0 Å². The zero-order valence-electron chi connectivity index (χ0n) is 12.4. The monoisotopic (exact) mass is 246 g/mol. The van der Waals surface area contributed by atoms with Gasteiger partial charge in [0.15, 0.2) is 5.78 Å². The van der Waals surface area contributed by atoms with Crippen LogP contribution >= 0.6 is 0 Å². The molecular weight excluding hydrogens is 220 g/mol. The van der Waals surface area contributed by atoms with Crippen LogP contribution < -0.4 is 0 Å².